The molecule has 0 amide bonds. The molecule has 0 spiro atoms. The topological polar surface area (TPSA) is 72.0 Å². The monoisotopic (exact) mass is 178 g/mol. The first-order valence-electron chi connectivity index (χ1n) is 4.11. The number of nitrogens with one attached hydrogen (secondary N) is 1. The fourth-order valence-corrected chi connectivity index (χ4v) is 1.33. The highest BCUT2D eigenvalue weighted by molar-refractivity contribution is 5.77. The number of H-pyrrole nitrogens is 1. The van der Waals surface area contributed by atoms with Crippen LogP contribution < -0.4 is 11.4 Å². The highest BCUT2D eigenvalue weighted by atomic mass is 16.5. The van der Waals surface area contributed by atoms with E-state index in [1.54, 1.807) is 6.07 Å². The maximum atomic E-state index is 11.0. The van der Waals surface area contributed by atoms with Gasteiger partial charge < -0.3 is 10.3 Å². The van der Waals surface area contributed by atoms with Crippen molar-refractivity contribution < 1.29 is 4.52 Å². The number of aromatic nitrogens is 1. The van der Waals surface area contributed by atoms with Crippen LogP contribution in [0.25, 0.3) is 10.9 Å². The van der Waals surface area contributed by atoms with Crippen LogP contribution in [0.2, 0.25) is 0 Å². The van der Waals surface area contributed by atoms with Gasteiger partial charge in [0, 0.05) is 0 Å². The molecule has 1 aromatic heterocycles. The third-order valence-electron chi connectivity index (χ3n) is 1.99. The Kier molecular flexibility index (Phi) is 1.90. The molecule has 0 aliphatic carbocycles. The highest BCUT2D eigenvalue weighted by Gasteiger charge is 2.02. The Labute approximate surface area is 74.3 Å². The van der Waals surface area contributed by atoms with E-state index in [9.17, 15) is 4.79 Å². The minimum Gasteiger partial charge on any atom is -0.338 e. The van der Waals surface area contributed by atoms with Crippen LogP contribution in [0.4, 0.5) is 0 Å². The van der Waals surface area contributed by atoms with Gasteiger partial charge >= 0.3 is 5.63 Å². The van der Waals surface area contributed by atoms with Gasteiger partial charge in [0.1, 0.15) is 0 Å². The molecule has 0 saturated carbocycles. The average Bonchev–Trinajstić information content (AvgIpc) is 2.48. The fraction of sp³-hybridized carbons (Fsp3) is 0.222. The van der Waals surface area contributed by atoms with Crippen molar-refractivity contribution in [3.63, 3.8) is 0 Å². The summed E-state index contributed by atoms with van der Waals surface area (Å²) < 4.78 is 4.64. The number of hydrogen-bond acceptors (Lipinski definition) is 3. The predicted molar refractivity (Wildman–Crippen MR) is 49.6 cm³/mol. The van der Waals surface area contributed by atoms with Crippen LogP contribution in [0, 0.1) is 0 Å². The van der Waals surface area contributed by atoms with Crippen molar-refractivity contribution in [3.8, 4) is 0 Å². The number of benzene rings is 1. The summed E-state index contributed by atoms with van der Waals surface area (Å²) >= 11 is 0. The molecule has 3 N–H and O–H groups in total. The second-order valence-corrected chi connectivity index (χ2v) is 2.91. The summed E-state index contributed by atoms with van der Waals surface area (Å²) in [6.45, 7) is 0.605. The number of hydrogen-bond donors (Lipinski definition) is 2. The molecule has 0 saturated heterocycles. The molecule has 0 bridgehead atoms. The van der Waals surface area contributed by atoms with Crippen molar-refractivity contribution in [1.29, 1.82) is 0 Å². The zero-order valence-electron chi connectivity index (χ0n) is 7.04. The first-order valence-corrected chi connectivity index (χ1v) is 4.11. The summed E-state index contributed by atoms with van der Waals surface area (Å²) in [5, 5.41) is 3.14. The van der Waals surface area contributed by atoms with Crippen LogP contribution in [-0.4, -0.2) is 11.7 Å². The maximum Gasteiger partial charge on any atom is 0.365 e. The summed E-state index contributed by atoms with van der Waals surface area (Å²) in [5.41, 5.74) is 6.93. The molecule has 0 unspecified atom stereocenters. The number of rotatable bonds is 2. The van der Waals surface area contributed by atoms with E-state index in [2.05, 4.69) is 9.68 Å². The first kappa shape index (κ1) is 8.07. The third-order valence-corrected chi connectivity index (χ3v) is 1.99. The fourth-order valence-electron chi connectivity index (χ4n) is 1.33. The van der Waals surface area contributed by atoms with E-state index in [4.69, 9.17) is 5.73 Å². The number of fused-ring (bicyclic) bond motifs is 1. The molecular formula is C9H10N2O2. The lowest BCUT2D eigenvalue weighted by atomic mass is 10.1. The SMILES string of the molecule is NCCc1ccc2c(=O)o[nH]c2c1. The Balaban J connectivity index is 2.57. The number of nitrogens with two attached hydrogens (primary N) is 1. The lowest BCUT2D eigenvalue weighted by Crippen LogP contribution is -2.02. The van der Waals surface area contributed by atoms with Gasteiger partial charge in [-0.15, -0.1) is 0 Å². The van der Waals surface area contributed by atoms with Crippen molar-refractivity contribution >= 4 is 10.9 Å². The summed E-state index contributed by atoms with van der Waals surface area (Å²) in [7, 11) is 0. The summed E-state index contributed by atoms with van der Waals surface area (Å²) in [6.07, 6.45) is 0.809. The molecule has 1 aromatic carbocycles. The second kappa shape index (κ2) is 3.06. The average molecular weight is 178 g/mol. The Bertz CT molecular complexity index is 470. The standard InChI is InChI=1S/C9H10N2O2/c10-4-3-6-1-2-7-8(5-6)11-13-9(7)12/h1-2,5,11H,3-4,10H2. The number of aromatic amines is 1. The molecule has 4 heteroatoms. The van der Waals surface area contributed by atoms with Gasteiger partial charge in [0.2, 0.25) is 0 Å². The largest absolute Gasteiger partial charge is 0.365 e. The minimum absolute atomic E-state index is 0.325. The second-order valence-electron chi connectivity index (χ2n) is 2.91. The van der Waals surface area contributed by atoms with E-state index < -0.39 is 0 Å². The predicted octanol–water partition coefficient (Wildman–Crippen LogP) is 0.622. The quantitative estimate of drug-likeness (QED) is 0.708. The molecule has 2 rings (SSSR count). The third kappa shape index (κ3) is 1.36. The molecule has 4 nitrogen and oxygen atoms in total. The Morgan fingerprint density at radius 1 is 1.46 bits per heavy atom. The van der Waals surface area contributed by atoms with Crippen molar-refractivity contribution in [2.75, 3.05) is 6.54 Å². The van der Waals surface area contributed by atoms with Gasteiger partial charge in [-0.1, -0.05) is 6.07 Å². The van der Waals surface area contributed by atoms with Crippen molar-refractivity contribution in [1.82, 2.24) is 5.16 Å². The smallest absolute Gasteiger partial charge is 0.338 e. The zero-order valence-corrected chi connectivity index (χ0v) is 7.04. The Morgan fingerprint density at radius 2 is 2.31 bits per heavy atom. The Morgan fingerprint density at radius 3 is 3.08 bits per heavy atom. The van der Waals surface area contributed by atoms with E-state index in [0.717, 1.165) is 17.5 Å². The maximum absolute atomic E-state index is 11.0. The first-order chi connectivity index (χ1) is 6.31. The lowest BCUT2D eigenvalue weighted by molar-refractivity contribution is 0.400. The van der Waals surface area contributed by atoms with Gasteiger partial charge in [-0.25, -0.2) is 9.95 Å². The van der Waals surface area contributed by atoms with Gasteiger partial charge in [0.25, 0.3) is 0 Å². The van der Waals surface area contributed by atoms with Crippen LogP contribution in [0.1, 0.15) is 5.56 Å². The van der Waals surface area contributed by atoms with Crippen molar-refractivity contribution in [2.24, 2.45) is 5.73 Å². The minimum atomic E-state index is -0.325. The molecule has 2 aromatic rings. The summed E-state index contributed by atoms with van der Waals surface area (Å²) in [4.78, 5) is 11.0. The molecule has 0 aliphatic rings. The van der Waals surface area contributed by atoms with E-state index in [1.165, 1.54) is 0 Å². The van der Waals surface area contributed by atoms with Gasteiger partial charge in [-0.2, -0.15) is 0 Å². The van der Waals surface area contributed by atoms with Gasteiger partial charge in [0.15, 0.2) is 0 Å². The van der Waals surface area contributed by atoms with Gasteiger partial charge in [0.05, 0.1) is 10.9 Å². The Hall–Kier alpha value is -1.55. The van der Waals surface area contributed by atoms with E-state index in [0.29, 0.717) is 11.9 Å². The highest BCUT2D eigenvalue weighted by Crippen LogP contribution is 2.10. The van der Waals surface area contributed by atoms with Crippen molar-refractivity contribution in [2.45, 2.75) is 6.42 Å². The summed E-state index contributed by atoms with van der Waals surface area (Å²) in [6, 6.07) is 5.52. The van der Waals surface area contributed by atoms with Gasteiger partial charge in [-0.3, -0.25) is 0 Å². The van der Waals surface area contributed by atoms with Crippen LogP contribution in [0.15, 0.2) is 27.5 Å². The molecule has 1 heterocycles. The van der Waals surface area contributed by atoms with Crippen LogP contribution in [0.5, 0.6) is 0 Å². The van der Waals surface area contributed by atoms with Gasteiger partial charge in [-0.05, 0) is 30.7 Å². The van der Waals surface area contributed by atoms with E-state index >= 15 is 0 Å². The normalized spacial score (nSPS) is 10.8. The molecular weight excluding hydrogens is 168 g/mol. The van der Waals surface area contributed by atoms with E-state index in [-0.39, 0.29) is 5.63 Å². The zero-order chi connectivity index (χ0) is 9.26. The van der Waals surface area contributed by atoms with Crippen LogP contribution >= 0.6 is 0 Å². The molecule has 0 aliphatic heterocycles. The lowest BCUT2D eigenvalue weighted by Gasteiger charge is -1.96. The molecule has 0 fully saturated rings. The molecule has 13 heavy (non-hydrogen) atoms. The van der Waals surface area contributed by atoms with Crippen LogP contribution in [-0.2, 0) is 6.42 Å². The summed E-state index contributed by atoms with van der Waals surface area (Å²) in [5.74, 6) is 0. The van der Waals surface area contributed by atoms with Crippen LogP contribution in [0.3, 0.4) is 0 Å². The van der Waals surface area contributed by atoms with Crippen molar-refractivity contribution in [3.05, 3.63) is 34.2 Å². The molecule has 68 valence electrons. The molecule has 0 atom stereocenters. The van der Waals surface area contributed by atoms with E-state index in [1.807, 2.05) is 12.1 Å². The molecule has 0 radical (unpaired) electrons.